The highest BCUT2D eigenvalue weighted by molar-refractivity contribution is 6.30. The third-order valence-electron chi connectivity index (χ3n) is 5.65. The Kier molecular flexibility index (Phi) is 7.39. The van der Waals surface area contributed by atoms with Crippen molar-refractivity contribution < 1.29 is 27.4 Å². The molecule has 0 saturated heterocycles. The first-order chi connectivity index (χ1) is 15.5. The summed E-state index contributed by atoms with van der Waals surface area (Å²) < 4.78 is 63.0. The number of aliphatic hydroxyl groups is 1. The zero-order valence-corrected chi connectivity index (χ0v) is 19.2. The fraction of sp³-hybridized carbons (Fsp3) is 0.375. The highest BCUT2D eigenvalue weighted by atomic mass is 35.5. The lowest BCUT2D eigenvalue weighted by Gasteiger charge is -2.39. The lowest BCUT2D eigenvalue weighted by Crippen LogP contribution is -2.52. The minimum absolute atomic E-state index is 0.100. The maximum atomic E-state index is 14.7. The maximum Gasteiger partial charge on any atom is 0.419 e. The van der Waals surface area contributed by atoms with Crippen LogP contribution in [0.1, 0.15) is 43.5 Å². The molecule has 3 aromatic rings. The van der Waals surface area contributed by atoms with Crippen molar-refractivity contribution in [2.45, 2.75) is 50.9 Å². The summed E-state index contributed by atoms with van der Waals surface area (Å²) in [6.45, 7) is 3.53. The number of benzene rings is 2. The zero-order valence-electron chi connectivity index (χ0n) is 18.4. The summed E-state index contributed by atoms with van der Waals surface area (Å²) in [7, 11) is 1.14. The van der Waals surface area contributed by atoms with Crippen LogP contribution >= 0.6 is 11.6 Å². The number of hydrogen-bond acceptors (Lipinski definition) is 4. The molecule has 1 heterocycles. The van der Waals surface area contributed by atoms with Crippen molar-refractivity contribution in [2.24, 2.45) is 0 Å². The van der Waals surface area contributed by atoms with Gasteiger partial charge in [0.2, 0.25) is 0 Å². The Bertz CT molecular complexity index is 1140. The molecule has 2 N–H and O–H groups in total. The molecule has 33 heavy (non-hydrogen) atoms. The van der Waals surface area contributed by atoms with Crippen LogP contribution in [0.25, 0.3) is 10.9 Å². The maximum absolute atomic E-state index is 14.7. The Morgan fingerprint density at radius 1 is 1.15 bits per heavy atom. The van der Waals surface area contributed by atoms with E-state index in [1.807, 2.05) is 0 Å². The molecule has 0 spiro atoms. The normalized spacial score (nSPS) is 14.7. The number of methoxy groups -OCH3 is 1. The standard InChI is InChI=1S/C24H25ClF4N2O2/c1-4-5-13-23(32,24(27,28)29)22(16-11-12-17(25)20(26)21(16)33-3)31-19-8-6-7-18-15(19)10-9-14(2)30-18/h6-12,22,31-32H,4-5,13H2,1-3H3. The van der Waals surface area contributed by atoms with Crippen molar-refractivity contribution in [1.29, 1.82) is 0 Å². The van der Waals surface area contributed by atoms with Crippen LogP contribution in [0.15, 0.2) is 42.5 Å². The zero-order chi connectivity index (χ0) is 24.4. The van der Waals surface area contributed by atoms with Crippen LogP contribution in [-0.4, -0.2) is 29.0 Å². The Labute approximate surface area is 194 Å². The second-order valence-electron chi connectivity index (χ2n) is 7.91. The Balaban J connectivity index is 2.26. The number of anilines is 1. The van der Waals surface area contributed by atoms with Crippen LogP contribution in [0, 0.1) is 12.7 Å². The monoisotopic (exact) mass is 484 g/mol. The number of alkyl halides is 3. The van der Waals surface area contributed by atoms with Gasteiger partial charge in [-0.15, -0.1) is 0 Å². The van der Waals surface area contributed by atoms with E-state index in [9.17, 15) is 22.7 Å². The van der Waals surface area contributed by atoms with Gasteiger partial charge in [-0.2, -0.15) is 13.2 Å². The SMILES string of the molecule is CCCCC(O)(C(Nc1cccc2nc(C)ccc12)c1ccc(Cl)c(F)c1OC)C(F)(F)F. The van der Waals surface area contributed by atoms with Crippen LogP contribution in [-0.2, 0) is 0 Å². The van der Waals surface area contributed by atoms with Gasteiger partial charge in [0.1, 0.15) is 0 Å². The van der Waals surface area contributed by atoms with E-state index >= 15 is 0 Å². The van der Waals surface area contributed by atoms with Gasteiger partial charge < -0.3 is 15.2 Å². The van der Waals surface area contributed by atoms with E-state index in [0.717, 1.165) is 18.9 Å². The quantitative estimate of drug-likeness (QED) is 0.339. The van der Waals surface area contributed by atoms with Crippen LogP contribution in [0.2, 0.25) is 5.02 Å². The number of aryl methyl sites for hydroxylation is 1. The number of ether oxygens (including phenoxy) is 1. The van der Waals surface area contributed by atoms with Crippen molar-refractivity contribution in [3.8, 4) is 5.75 Å². The number of nitrogens with zero attached hydrogens (tertiary/aromatic N) is 1. The molecule has 2 aromatic carbocycles. The molecule has 0 radical (unpaired) electrons. The summed E-state index contributed by atoms with van der Waals surface area (Å²) in [5.74, 6) is -1.47. The third kappa shape index (κ3) is 4.87. The number of rotatable bonds is 8. The van der Waals surface area contributed by atoms with E-state index in [1.54, 1.807) is 44.2 Å². The van der Waals surface area contributed by atoms with Crippen LogP contribution in [0.3, 0.4) is 0 Å². The molecule has 0 aliphatic heterocycles. The van der Waals surface area contributed by atoms with Crippen LogP contribution < -0.4 is 10.1 Å². The highest BCUT2D eigenvalue weighted by Gasteiger charge is 2.59. The second kappa shape index (κ2) is 9.73. The fourth-order valence-electron chi connectivity index (χ4n) is 3.87. The largest absolute Gasteiger partial charge is 0.493 e. The Hall–Kier alpha value is -2.58. The lowest BCUT2D eigenvalue weighted by molar-refractivity contribution is -0.269. The number of pyridine rings is 1. The van der Waals surface area contributed by atoms with Gasteiger partial charge in [0.25, 0.3) is 0 Å². The van der Waals surface area contributed by atoms with Crippen molar-refractivity contribution >= 4 is 28.2 Å². The molecular weight excluding hydrogens is 460 g/mol. The van der Waals surface area contributed by atoms with Gasteiger partial charge in [0.05, 0.1) is 23.7 Å². The average molecular weight is 485 g/mol. The number of nitrogens with one attached hydrogen (secondary N) is 1. The molecule has 0 amide bonds. The van der Waals surface area contributed by atoms with Crippen molar-refractivity contribution in [2.75, 3.05) is 12.4 Å². The van der Waals surface area contributed by atoms with Gasteiger partial charge in [-0.1, -0.05) is 43.5 Å². The number of aromatic nitrogens is 1. The molecule has 0 bridgehead atoms. The summed E-state index contributed by atoms with van der Waals surface area (Å²) in [4.78, 5) is 4.41. The summed E-state index contributed by atoms with van der Waals surface area (Å²) in [6.07, 6.45) is -5.10. The molecule has 4 nitrogen and oxygen atoms in total. The summed E-state index contributed by atoms with van der Waals surface area (Å²) in [5.41, 5.74) is -1.81. The predicted octanol–water partition coefficient (Wildman–Crippen LogP) is 6.98. The van der Waals surface area contributed by atoms with E-state index in [0.29, 0.717) is 23.0 Å². The summed E-state index contributed by atoms with van der Waals surface area (Å²) in [5, 5.41) is 14.2. The molecule has 9 heteroatoms. The minimum atomic E-state index is -5.03. The molecule has 0 fully saturated rings. The first kappa shape index (κ1) is 25.1. The molecule has 1 aromatic heterocycles. The van der Waals surface area contributed by atoms with Gasteiger partial charge in [0.15, 0.2) is 17.2 Å². The Morgan fingerprint density at radius 2 is 1.88 bits per heavy atom. The van der Waals surface area contributed by atoms with Gasteiger partial charge in [0, 0.05) is 22.3 Å². The van der Waals surface area contributed by atoms with E-state index in [2.05, 4.69) is 10.3 Å². The van der Waals surface area contributed by atoms with Crippen LogP contribution in [0.5, 0.6) is 5.75 Å². The van der Waals surface area contributed by atoms with Crippen molar-refractivity contribution in [3.63, 3.8) is 0 Å². The number of unbranched alkanes of at least 4 members (excludes halogenated alkanes) is 1. The number of hydrogen-bond donors (Lipinski definition) is 2. The number of fused-ring (bicyclic) bond motifs is 1. The van der Waals surface area contributed by atoms with Gasteiger partial charge in [-0.25, -0.2) is 4.39 Å². The lowest BCUT2D eigenvalue weighted by atomic mass is 9.82. The molecule has 0 saturated carbocycles. The number of halogens is 5. The molecule has 0 aliphatic rings. The minimum Gasteiger partial charge on any atom is -0.493 e. The Morgan fingerprint density at radius 3 is 2.52 bits per heavy atom. The van der Waals surface area contributed by atoms with E-state index < -0.39 is 35.8 Å². The molecule has 3 rings (SSSR count). The summed E-state index contributed by atoms with van der Waals surface area (Å²) in [6, 6.07) is 9.02. The van der Waals surface area contributed by atoms with Crippen LogP contribution in [0.4, 0.5) is 23.2 Å². The van der Waals surface area contributed by atoms with Gasteiger partial charge >= 0.3 is 6.18 Å². The van der Waals surface area contributed by atoms with Crippen molar-refractivity contribution in [1.82, 2.24) is 4.98 Å². The average Bonchev–Trinajstić information content (AvgIpc) is 2.76. The summed E-state index contributed by atoms with van der Waals surface area (Å²) >= 11 is 5.84. The molecule has 0 aliphatic carbocycles. The fourth-order valence-corrected chi connectivity index (χ4v) is 4.02. The predicted molar refractivity (Wildman–Crippen MR) is 121 cm³/mol. The van der Waals surface area contributed by atoms with Gasteiger partial charge in [-0.3, -0.25) is 4.98 Å². The molecular formula is C24H25ClF4N2O2. The smallest absolute Gasteiger partial charge is 0.419 e. The van der Waals surface area contributed by atoms with E-state index in [4.69, 9.17) is 16.3 Å². The first-order valence-electron chi connectivity index (χ1n) is 10.5. The van der Waals surface area contributed by atoms with Crippen molar-refractivity contribution in [3.05, 3.63) is 64.6 Å². The van der Waals surface area contributed by atoms with E-state index in [1.165, 1.54) is 6.07 Å². The molecule has 2 atom stereocenters. The molecule has 2 unspecified atom stereocenters. The van der Waals surface area contributed by atoms with E-state index in [-0.39, 0.29) is 17.0 Å². The topological polar surface area (TPSA) is 54.4 Å². The van der Waals surface area contributed by atoms with Gasteiger partial charge in [-0.05, 0) is 43.7 Å². The second-order valence-corrected chi connectivity index (χ2v) is 8.32. The molecule has 178 valence electrons. The third-order valence-corrected chi connectivity index (χ3v) is 5.94. The first-order valence-corrected chi connectivity index (χ1v) is 10.8. The highest BCUT2D eigenvalue weighted by Crippen LogP contribution is 2.48.